The molecule has 1 aliphatic rings. The van der Waals surface area contributed by atoms with Crippen molar-refractivity contribution in [1.29, 1.82) is 0 Å². The standard InChI is InChI=1S/C15H16F3NO6S/c1-25-14(22)11-3-2-10(15(16,17)18)8-12(11)26(23,24)19-6-4-9(5-7-19)13(20)21/h2-3,8-9H,4-7H2,1H3,(H,20,21). The van der Waals surface area contributed by atoms with Gasteiger partial charge < -0.3 is 9.84 Å². The van der Waals surface area contributed by atoms with Crippen molar-refractivity contribution in [1.82, 2.24) is 4.31 Å². The van der Waals surface area contributed by atoms with E-state index in [-0.39, 0.29) is 25.9 Å². The molecule has 26 heavy (non-hydrogen) atoms. The third-order valence-electron chi connectivity index (χ3n) is 4.14. The minimum absolute atomic E-state index is 0.0289. The van der Waals surface area contributed by atoms with Crippen LogP contribution in [-0.4, -0.2) is 50.0 Å². The zero-order chi connectivity index (χ0) is 19.7. The first-order valence-corrected chi connectivity index (χ1v) is 8.95. The van der Waals surface area contributed by atoms with Gasteiger partial charge in [-0.2, -0.15) is 17.5 Å². The van der Waals surface area contributed by atoms with Gasteiger partial charge in [0.1, 0.15) is 0 Å². The number of sulfonamides is 1. The smallest absolute Gasteiger partial charge is 0.416 e. The van der Waals surface area contributed by atoms with Crippen LogP contribution < -0.4 is 0 Å². The highest BCUT2D eigenvalue weighted by Crippen LogP contribution is 2.34. The van der Waals surface area contributed by atoms with Crippen molar-refractivity contribution in [2.45, 2.75) is 23.9 Å². The quantitative estimate of drug-likeness (QED) is 0.783. The van der Waals surface area contributed by atoms with Gasteiger partial charge >= 0.3 is 18.1 Å². The van der Waals surface area contributed by atoms with E-state index in [1.54, 1.807) is 0 Å². The van der Waals surface area contributed by atoms with E-state index < -0.39 is 50.1 Å². The van der Waals surface area contributed by atoms with Crippen LogP contribution in [0.3, 0.4) is 0 Å². The van der Waals surface area contributed by atoms with Crippen LogP contribution in [0.2, 0.25) is 0 Å². The summed E-state index contributed by atoms with van der Waals surface area (Å²) < 4.78 is 69.8. The summed E-state index contributed by atoms with van der Waals surface area (Å²) >= 11 is 0. The lowest BCUT2D eigenvalue weighted by molar-refractivity contribution is -0.143. The minimum atomic E-state index is -4.80. The second-order valence-electron chi connectivity index (χ2n) is 5.72. The highest BCUT2D eigenvalue weighted by atomic mass is 32.2. The highest BCUT2D eigenvalue weighted by molar-refractivity contribution is 7.89. The third-order valence-corrected chi connectivity index (χ3v) is 6.07. The summed E-state index contributed by atoms with van der Waals surface area (Å²) in [6.07, 6.45) is -4.74. The number of nitrogens with zero attached hydrogens (tertiary/aromatic N) is 1. The SMILES string of the molecule is COC(=O)c1ccc(C(F)(F)F)cc1S(=O)(=O)N1CCC(C(=O)O)CC1. The maximum atomic E-state index is 13.0. The number of carboxylic acid groups (broad SMARTS) is 1. The first-order chi connectivity index (χ1) is 12.0. The molecule has 2 rings (SSSR count). The number of methoxy groups -OCH3 is 1. The number of carbonyl (C=O) groups excluding carboxylic acids is 1. The number of benzene rings is 1. The summed E-state index contributed by atoms with van der Waals surface area (Å²) in [6.45, 7) is -0.341. The van der Waals surface area contributed by atoms with Crippen LogP contribution in [0.5, 0.6) is 0 Å². The Morgan fingerprint density at radius 2 is 1.81 bits per heavy atom. The van der Waals surface area contributed by atoms with Crippen LogP contribution in [0.4, 0.5) is 13.2 Å². The molecule has 1 saturated heterocycles. The lowest BCUT2D eigenvalue weighted by atomic mass is 9.99. The molecule has 1 aromatic rings. The Balaban J connectivity index is 2.47. The van der Waals surface area contributed by atoms with E-state index >= 15 is 0 Å². The number of esters is 1. The second kappa shape index (κ2) is 7.23. The van der Waals surface area contributed by atoms with Crippen molar-refractivity contribution in [2.75, 3.05) is 20.2 Å². The van der Waals surface area contributed by atoms with Gasteiger partial charge in [0, 0.05) is 13.1 Å². The predicted octanol–water partition coefficient (Wildman–Crippen LogP) is 1.98. The fourth-order valence-corrected chi connectivity index (χ4v) is 4.35. The average Bonchev–Trinajstić information content (AvgIpc) is 2.59. The van der Waals surface area contributed by atoms with Crippen molar-refractivity contribution in [3.8, 4) is 0 Å². The van der Waals surface area contributed by atoms with E-state index in [0.29, 0.717) is 12.1 Å². The minimum Gasteiger partial charge on any atom is -0.481 e. The molecule has 1 aliphatic heterocycles. The van der Waals surface area contributed by atoms with Crippen molar-refractivity contribution >= 4 is 22.0 Å². The fraction of sp³-hybridized carbons (Fsp3) is 0.467. The van der Waals surface area contributed by atoms with Crippen LogP contribution in [0, 0.1) is 5.92 Å². The topological polar surface area (TPSA) is 101 Å². The third kappa shape index (κ3) is 3.98. The van der Waals surface area contributed by atoms with Gasteiger partial charge in [0.15, 0.2) is 0 Å². The molecule has 0 radical (unpaired) electrons. The Morgan fingerprint density at radius 1 is 1.23 bits per heavy atom. The lowest BCUT2D eigenvalue weighted by Crippen LogP contribution is -2.40. The first-order valence-electron chi connectivity index (χ1n) is 7.51. The van der Waals surface area contributed by atoms with Crippen molar-refractivity contribution in [3.05, 3.63) is 29.3 Å². The van der Waals surface area contributed by atoms with E-state index in [2.05, 4.69) is 4.74 Å². The summed E-state index contributed by atoms with van der Waals surface area (Å²) in [5.41, 5.74) is -1.73. The molecule has 1 heterocycles. The molecule has 7 nitrogen and oxygen atoms in total. The summed E-state index contributed by atoms with van der Waals surface area (Å²) in [5, 5.41) is 8.96. The molecule has 1 N–H and O–H groups in total. The normalized spacial score (nSPS) is 17.1. The predicted molar refractivity (Wildman–Crippen MR) is 81.9 cm³/mol. The molecular formula is C15H16F3NO6S. The van der Waals surface area contributed by atoms with Gasteiger partial charge in [-0.3, -0.25) is 4.79 Å². The van der Waals surface area contributed by atoms with Gasteiger partial charge in [-0.15, -0.1) is 0 Å². The Hall–Kier alpha value is -2.14. The molecule has 0 aliphatic carbocycles. The number of ether oxygens (including phenoxy) is 1. The molecule has 0 atom stereocenters. The number of hydrogen-bond acceptors (Lipinski definition) is 5. The molecule has 0 bridgehead atoms. The van der Waals surface area contributed by atoms with E-state index in [4.69, 9.17) is 5.11 Å². The molecule has 0 saturated carbocycles. The van der Waals surface area contributed by atoms with E-state index in [9.17, 15) is 31.2 Å². The largest absolute Gasteiger partial charge is 0.481 e. The average molecular weight is 395 g/mol. The van der Waals surface area contributed by atoms with Gasteiger partial charge in [-0.25, -0.2) is 13.2 Å². The summed E-state index contributed by atoms with van der Waals surface area (Å²) in [5.74, 6) is -2.86. The van der Waals surface area contributed by atoms with Crippen molar-refractivity contribution in [3.63, 3.8) is 0 Å². The van der Waals surface area contributed by atoms with E-state index in [1.807, 2.05) is 0 Å². The van der Waals surface area contributed by atoms with E-state index in [1.165, 1.54) is 0 Å². The van der Waals surface area contributed by atoms with Gasteiger partial charge in [0.2, 0.25) is 10.0 Å². The van der Waals surface area contributed by atoms with Crippen LogP contribution in [-0.2, 0) is 25.7 Å². The Bertz CT molecular complexity index is 813. The molecule has 144 valence electrons. The van der Waals surface area contributed by atoms with Crippen LogP contribution in [0.1, 0.15) is 28.8 Å². The number of halogens is 3. The molecule has 1 aromatic carbocycles. The van der Waals surface area contributed by atoms with Gasteiger partial charge in [0.05, 0.1) is 29.1 Å². The number of carbonyl (C=O) groups is 2. The molecular weight excluding hydrogens is 379 g/mol. The number of carboxylic acids is 1. The molecule has 1 fully saturated rings. The Labute approximate surface area is 147 Å². The second-order valence-corrected chi connectivity index (χ2v) is 7.62. The summed E-state index contributed by atoms with van der Waals surface area (Å²) in [6, 6.07) is 1.75. The van der Waals surface area contributed by atoms with Crippen LogP contribution in [0.25, 0.3) is 0 Å². The summed E-state index contributed by atoms with van der Waals surface area (Å²) in [7, 11) is -3.46. The number of alkyl halides is 3. The fourth-order valence-electron chi connectivity index (χ4n) is 2.67. The zero-order valence-electron chi connectivity index (χ0n) is 13.6. The number of rotatable bonds is 4. The Morgan fingerprint density at radius 3 is 2.27 bits per heavy atom. The molecule has 0 unspecified atom stereocenters. The molecule has 0 aromatic heterocycles. The lowest BCUT2D eigenvalue weighted by Gasteiger charge is -2.29. The zero-order valence-corrected chi connectivity index (χ0v) is 14.4. The number of hydrogen-bond donors (Lipinski definition) is 1. The maximum absolute atomic E-state index is 13.0. The molecule has 0 amide bonds. The van der Waals surface area contributed by atoms with Crippen molar-refractivity contribution < 1.29 is 41.0 Å². The van der Waals surface area contributed by atoms with Crippen LogP contribution in [0.15, 0.2) is 23.1 Å². The Kier molecular flexibility index (Phi) is 5.61. The van der Waals surface area contributed by atoms with Crippen LogP contribution >= 0.6 is 0 Å². The number of aliphatic carboxylic acids is 1. The molecule has 0 spiro atoms. The van der Waals surface area contributed by atoms with Gasteiger partial charge in [-0.1, -0.05) is 0 Å². The first kappa shape index (κ1) is 20.2. The highest BCUT2D eigenvalue weighted by Gasteiger charge is 2.37. The molecule has 11 heteroatoms. The van der Waals surface area contributed by atoms with Gasteiger partial charge in [0.25, 0.3) is 0 Å². The monoisotopic (exact) mass is 395 g/mol. The van der Waals surface area contributed by atoms with Gasteiger partial charge in [-0.05, 0) is 31.0 Å². The summed E-state index contributed by atoms with van der Waals surface area (Å²) in [4.78, 5) is 22.0. The van der Waals surface area contributed by atoms with E-state index in [0.717, 1.165) is 17.5 Å². The number of piperidine rings is 1. The maximum Gasteiger partial charge on any atom is 0.416 e. The van der Waals surface area contributed by atoms with Crippen molar-refractivity contribution in [2.24, 2.45) is 5.92 Å².